The van der Waals surface area contributed by atoms with Gasteiger partial charge in [-0.3, -0.25) is 9.89 Å². The van der Waals surface area contributed by atoms with Gasteiger partial charge < -0.3 is 5.11 Å². The Labute approximate surface area is 112 Å². The van der Waals surface area contributed by atoms with Crippen molar-refractivity contribution in [1.82, 2.24) is 4.90 Å². The van der Waals surface area contributed by atoms with Crippen molar-refractivity contribution >= 4 is 6.21 Å². The van der Waals surface area contributed by atoms with Crippen LogP contribution < -0.4 is 0 Å². The van der Waals surface area contributed by atoms with Gasteiger partial charge in [-0.05, 0) is 32.1 Å². The minimum Gasteiger partial charge on any atom is -0.395 e. The number of unbranched alkanes of at least 4 members (excludes halogenated alkanes) is 4. The second-order valence-electron chi connectivity index (χ2n) is 4.93. The summed E-state index contributed by atoms with van der Waals surface area (Å²) in [6.07, 6.45) is 15.5. The Bertz CT molecular complexity index is 251. The molecule has 3 heteroatoms. The zero-order chi connectivity index (χ0) is 13.1. The van der Waals surface area contributed by atoms with Gasteiger partial charge in [-0.2, -0.15) is 0 Å². The number of nitrogens with zero attached hydrogens (tertiary/aromatic N) is 2. The van der Waals surface area contributed by atoms with Crippen molar-refractivity contribution in [2.45, 2.75) is 58.0 Å². The monoisotopic (exact) mass is 252 g/mol. The van der Waals surface area contributed by atoms with Crippen molar-refractivity contribution in [1.29, 1.82) is 0 Å². The number of allylic oxidation sites excluding steroid dienone is 2. The van der Waals surface area contributed by atoms with E-state index in [1.54, 1.807) is 0 Å². The molecule has 1 atom stereocenters. The lowest BCUT2D eigenvalue weighted by Gasteiger charge is -2.21. The molecule has 1 unspecified atom stereocenters. The molecule has 0 aliphatic carbocycles. The largest absolute Gasteiger partial charge is 0.395 e. The van der Waals surface area contributed by atoms with Crippen LogP contribution >= 0.6 is 0 Å². The summed E-state index contributed by atoms with van der Waals surface area (Å²) in [7, 11) is 0. The number of hydrogen-bond acceptors (Lipinski definition) is 3. The van der Waals surface area contributed by atoms with Gasteiger partial charge in [0.1, 0.15) is 6.17 Å². The lowest BCUT2D eigenvalue weighted by atomic mass is 10.1. The van der Waals surface area contributed by atoms with E-state index in [-0.39, 0.29) is 6.61 Å². The summed E-state index contributed by atoms with van der Waals surface area (Å²) >= 11 is 0. The molecule has 0 saturated heterocycles. The smallest absolute Gasteiger partial charge is 0.102 e. The van der Waals surface area contributed by atoms with Gasteiger partial charge >= 0.3 is 0 Å². The average molecular weight is 252 g/mol. The minimum atomic E-state index is 0.238. The van der Waals surface area contributed by atoms with E-state index in [0.717, 1.165) is 19.5 Å². The van der Waals surface area contributed by atoms with Gasteiger partial charge in [0.2, 0.25) is 0 Å². The second kappa shape index (κ2) is 10.3. The fourth-order valence-corrected chi connectivity index (χ4v) is 2.28. The van der Waals surface area contributed by atoms with Crippen LogP contribution in [0.2, 0.25) is 0 Å². The van der Waals surface area contributed by atoms with Crippen molar-refractivity contribution in [3.05, 3.63) is 12.2 Å². The third-order valence-electron chi connectivity index (χ3n) is 3.36. The molecule has 0 bridgehead atoms. The number of aliphatic imine (C=N–C) groups is 1. The molecular formula is C15H28N2O. The highest BCUT2D eigenvalue weighted by Gasteiger charge is 2.19. The predicted molar refractivity (Wildman–Crippen MR) is 78.1 cm³/mol. The number of β-amino-alcohol motifs (C(OH)–C–C–N with tert-alkyl or cyclic N) is 1. The van der Waals surface area contributed by atoms with E-state index in [1.165, 1.54) is 38.5 Å². The molecule has 0 saturated carbocycles. The van der Waals surface area contributed by atoms with Crippen LogP contribution in [0.3, 0.4) is 0 Å². The molecule has 0 spiro atoms. The first-order chi connectivity index (χ1) is 8.88. The predicted octanol–water partition coefficient (Wildman–Crippen LogP) is 3.00. The van der Waals surface area contributed by atoms with E-state index in [4.69, 9.17) is 5.11 Å². The molecule has 0 aromatic rings. The van der Waals surface area contributed by atoms with Crippen LogP contribution in [-0.2, 0) is 0 Å². The maximum absolute atomic E-state index is 8.95. The second-order valence-corrected chi connectivity index (χ2v) is 4.93. The van der Waals surface area contributed by atoms with Crippen LogP contribution in [0.25, 0.3) is 0 Å². The number of hydrogen-bond donors (Lipinski definition) is 1. The third-order valence-corrected chi connectivity index (χ3v) is 3.36. The highest BCUT2D eigenvalue weighted by Crippen LogP contribution is 2.15. The molecule has 1 heterocycles. The molecule has 0 amide bonds. The highest BCUT2D eigenvalue weighted by atomic mass is 16.3. The van der Waals surface area contributed by atoms with E-state index in [2.05, 4.69) is 29.0 Å². The Morgan fingerprint density at radius 1 is 1.28 bits per heavy atom. The minimum absolute atomic E-state index is 0.238. The fraction of sp³-hybridized carbons (Fsp3) is 0.800. The van der Waals surface area contributed by atoms with Gasteiger partial charge in [0.25, 0.3) is 0 Å². The van der Waals surface area contributed by atoms with Crippen LogP contribution in [0, 0.1) is 0 Å². The first kappa shape index (κ1) is 15.4. The molecule has 0 radical (unpaired) electrons. The lowest BCUT2D eigenvalue weighted by Crippen LogP contribution is -2.32. The normalized spacial score (nSPS) is 20.2. The van der Waals surface area contributed by atoms with Gasteiger partial charge in [-0.25, -0.2) is 0 Å². The maximum atomic E-state index is 8.95. The average Bonchev–Trinajstić information content (AvgIpc) is 2.81. The standard InChI is InChI=1S/C15H28N2O/c1-2-3-4-5-6-7-8-9-10-15-16-11-12-17(15)13-14-18/h4-5,11,15,18H,2-3,6-10,12-14H2,1H3/b5-4+. The van der Waals surface area contributed by atoms with E-state index < -0.39 is 0 Å². The third kappa shape index (κ3) is 6.31. The van der Waals surface area contributed by atoms with Gasteiger partial charge in [0.15, 0.2) is 0 Å². The van der Waals surface area contributed by atoms with Crippen LogP contribution in [0.15, 0.2) is 17.1 Å². The summed E-state index contributed by atoms with van der Waals surface area (Å²) in [6, 6.07) is 0. The highest BCUT2D eigenvalue weighted by molar-refractivity contribution is 5.62. The molecule has 1 aliphatic rings. The van der Waals surface area contributed by atoms with Crippen molar-refractivity contribution in [2.75, 3.05) is 19.7 Å². The molecule has 1 N–H and O–H groups in total. The first-order valence-electron chi connectivity index (χ1n) is 7.40. The van der Waals surface area contributed by atoms with Gasteiger partial charge in [-0.1, -0.05) is 31.9 Å². The first-order valence-corrected chi connectivity index (χ1v) is 7.40. The Morgan fingerprint density at radius 3 is 2.89 bits per heavy atom. The Morgan fingerprint density at radius 2 is 2.11 bits per heavy atom. The summed E-state index contributed by atoms with van der Waals surface area (Å²) < 4.78 is 0. The molecule has 0 aromatic carbocycles. The van der Waals surface area contributed by atoms with E-state index in [0.29, 0.717) is 6.17 Å². The van der Waals surface area contributed by atoms with Crippen molar-refractivity contribution in [2.24, 2.45) is 4.99 Å². The van der Waals surface area contributed by atoms with Gasteiger partial charge in [0.05, 0.1) is 6.61 Å². The van der Waals surface area contributed by atoms with Crippen LogP contribution in [0.4, 0.5) is 0 Å². The molecule has 1 rings (SSSR count). The topological polar surface area (TPSA) is 35.8 Å². The Kier molecular flexibility index (Phi) is 8.78. The number of rotatable bonds is 10. The zero-order valence-corrected chi connectivity index (χ0v) is 11.7. The fourth-order valence-electron chi connectivity index (χ4n) is 2.28. The molecule has 1 aliphatic heterocycles. The van der Waals surface area contributed by atoms with E-state index in [1.807, 2.05) is 6.21 Å². The molecular weight excluding hydrogens is 224 g/mol. The Hall–Kier alpha value is -0.670. The summed E-state index contributed by atoms with van der Waals surface area (Å²) in [6.45, 7) is 4.11. The zero-order valence-electron chi connectivity index (χ0n) is 11.7. The Balaban J connectivity index is 1.98. The van der Waals surface area contributed by atoms with Gasteiger partial charge in [-0.15, -0.1) is 0 Å². The van der Waals surface area contributed by atoms with Gasteiger partial charge in [0, 0.05) is 19.3 Å². The molecule has 104 valence electrons. The van der Waals surface area contributed by atoms with Crippen molar-refractivity contribution in [3.8, 4) is 0 Å². The SMILES string of the molecule is CCC/C=C/CCCCCC1N=CCN1CCO. The van der Waals surface area contributed by atoms with E-state index in [9.17, 15) is 0 Å². The molecule has 3 nitrogen and oxygen atoms in total. The molecule has 0 fully saturated rings. The summed E-state index contributed by atoms with van der Waals surface area (Å²) in [4.78, 5) is 6.72. The molecule has 0 aromatic heterocycles. The van der Waals surface area contributed by atoms with Crippen LogP contribution in [0.5, 0.6) is 0 Å². The summed E-state index contributed by atoms with van der Waals surface area (Å²) in [5.41, 5.74) is 0. The summed E-state index contributed by atoms with van der Waals surface area (Å²) in [5, 5.41) is 8.95. The quantitative estimate of drug-likeness (QED) is 0.479. The van der Waals surface area contributed by atoms with E-state index >= 15 is 0 Å². The number of aliphatic hydroxyl groups is 1. The van der Waals surface area contributed by atoms with Crippen molar-refractivity contribution in [3.63, 3.8) is 0 Å². The lowest BCUT2D eigenvalue weighted by molar-refractivity contribution is 0.176. The maximum Gasteiger partial charge on any atom is 0.102 e. The van der Waals surface area contributed by atoms with Crippen molar-refractivity contribution < 1.29 is 5.11 Å². The van der Waals surface area contributed by atoms with Crippen LogP contribution in [-0.4, -0.2) is 42.1 Å². The molecule has 18 heavy (non-hydrogen) atoms. The van der Waals surface area contributed by atoms with Crippen LogP contribution in [0.1, 0.15) is 51.9 Å². The summed E-state index contributed by atoms with van der Waals surface area (Å²) in [5.74, 6) is 0. The number of aliphatic hydroxyl groups excluding tert-OH is 1.